The topological polar surface area (TPSA) is 94.9 Å². The number of para-hydroxylation sites is 1. The van der Waals surface area contributed by atoms with Crippen molar-refractivity contribution in [1.29, 1.82) is 5.26 Å². The van der Waals surface area contributed by atoms with Gasteiger partial charge < -0.3 is 20.7 Å². The van der Waals surface area contributed by atoms with Gasteiger partial charge in [-0.05, 0) is 74.2 Å². The minimum Gasteiger partial charge on any atom is -0.405 e. The number of nitrogens with one attached hydrogen (secondary N) is 3. The second-order valence-corrected chi connectivity index (χ2v) is 12.4. The summed E-state index contributed by atoms with van der Waals surface area (Å²) < 4.78 is 42.5. The Balaban J connectivity index is 1.11. The normalized spacial score (nSPS) is 29.6. The molecule has 4 bridgehead atoms. The van der Waals surface area contributed by atoms with Crippen LogP contribution in [-0.4, -0.2) is 35.0 Å². The van der Waals surface area contributed by atoms with Crippen LogP contribution in [0.5, 0.6) is 5.75 Å². The summed E-state index contributed by atoms with van der Waals surface area (Å²) in [6.07, 6.45) is 9.65. The molecule has 1 aromatic heterocycles. The number of hydrogen-bond acceptors (Lipinski definition) is 7. The molecule has 0 amide bonds. The summed E-state index contributed by atoms with van der Waals surface area (Å²) in [5.41, 5.74) is 0.889. The molecular weight excluding hydrogens is 517 g/mol. The van der Waals surface area contributed by atoms with Gasteiger partial charge in [0.25, 0.3) is 0 Å². The number of nitrogens with zero attached hydrogens (tertiary/aromatic N) is 3. The average Bonchev–Trinajstić information content (AvgIpc) is 2.93. The Bertz CT molecular complexity index is 1220. The maximum Gasteiger partial charge on any atom is 0.573 e. The maximum atomic E-state index is 12.8. The van der Waals surface area contributed by atoms with E-state index in [4.69, 9.17) is 0 Å². The second-order valence-electron chi connectivity index (χ2n) is 12.4. The van der Waals surface area contributed by atoms with Crippen molar-refractivity contribution in [1.82, 2.24) is 15.3 Å². The number of benzene rings is 1. The zero-order valence-electron chi connectivity index (χ0n) is 22.6. The maximum absolute atomic E-state index is 12.8. The summed E-state index contributed by atoms with van der Waals surface area (Å²) in [4.78, 5) is 8.75. The van der Waals surface area contributed by atoms with E-state index in [9.17, 15) is 18.4 Å². The molecule has 3 N–H and O–H groups in total. The van der Waals surface area contributed by atoms with Gasteiger partial charge in [0.05, 0.1) is 6.20 Å². The lowest BCUT2D eigenvalue weighted by Crippen LogP contribution is -2.61. The van der Waals surface area contributed by atoms with Gasteiger partial charge in [-0.25, -0.2) is 4.98 Å². The summed E-state index contributed by atoms with van der Waals surface area (Å²) >= 11 is 0. The van der Waals surface area contributed by atoms with Crippen LogP contribution in [0.1, 0.15) is 75.3 Å². The van der Waals surface area contributed by atoms with Gasteiger partial charge in [0.1, 0.15) is 23.2 Å². The van der Waals surface area contributed by atoms with Crippen LogP contribution in [0.15, 0.2) is 30.5 Å². The third kappa shape index (κ3) is 5.99. The van der Waals surface area contributed by atoms with Gasteiger partial charge in [-0.1, -0.05) is 37.5 Å². The molecule has 7 nitrogen and oxygen atoms in total. The zero-order chi connectivity index (χ0) is 27.7. The summed E-state index contributed by atoms with van der Waals surface area (Å²) in [6, 6.07) is 9.46. The quantitative estimate of drug-likeness (QED) is 0.331. The van der Waals surface area contributed by atoms with Crippen molar-refractivity contribution in [2.75, 3.05) is 17.2 Å². The molecule has 5 saturated carbocycles. The van der Waals surface area contributed by atoms with E-state index in [-0.39, 0.29) is 23.7 Å². The molecule has 2 aromatic rings. The van der Waals surface area contributed by atoms with E-state index in [1.807, 2.05) is 0 Å². The third-order valence-electron chi connectivity index (χ3n) is 9.61. The largest absolute Gasteiger partial charge is 0.573 e. The highest BCUT2D eigenvalue weighted by Crippen LogP contribution is 2.60. The van der Waals surface area contributed by atoms with Gasteiger partial charge in [0, 0.05) is 30.7 Å². The molecule has 7 rings (SSSR count). The SMILES string of the molecule is N#Cc1cnc(NCc2ccccc2OC(F)(F)F)nc1NCC12CC3C[C@H](C1)C(NC1CCCCC1)[C@@H](C3)C2. The van der Waals surface area contributed by atoms with Gasteiger partial charge in [0.2, 0.25) is 5.95 Å². The standard InChI is InChI=1S/C30H37F3N6O/c31-30(32,33)40-25-9-5-4-6-20(25)16-35-28-36-17-23(15-34)27(39-28)37-18-29-12-19-10-21(13-29)26(22(11-19)14-29)38-24-7-2-1-3-8-24/h4-6,9,17,19,21-22,24,26,38H,1-3,7-8,10-14,16,18H2,(H2,35,36,37,39)/t19?,21-,22+,26?,29?. The Labute approximate surface area is 233 Å². The first kappa shape index (κ1) is 27.1. The number of halogens is 3. The first-order valence-corrected chi connectivity index (χ1v) is 14.6. The number of nitriles is 1. The average molecular weight is 555 g/mol. The number of ether oxygens (including phenoxy) is 1. The fourth-order valence-electron chi connectivity index (χ4n) is 8.23. The van der Waals surface area contributed by atoms with Crippen LogP contribution >= 0.6 is 0 Å². The summed E-state index contributed by atoms with van der Waals surface area (Å²) in [6.45, 7) is 0.808. The van der Waals surface area contributed by atoms with Crippen LogP contribution in [0.2, 0.25) is 0 Å². The molecule has 5 atom stereocenters. The van der Waals surface area contributed by atoms with Gasteiger partial charge in [-0.3, -0.25) is 0 Å². The number of aromatic nitrogens is 2. The van der Waals surface area contributed by atoms with E-state index >= 15 is 0 Å². The molecule has 1 aromatic carbocycles. The highest BCUT2D eigenvalue weighted by Gasteiger charge is 2.55. The van der Waals surface area contributed by atoms with Crippen molar-refractivity contribution in [2.45, 2.75) is 89.2 Å². The zero-order valence-corrected chi connectivity index (χ0v) is 22.6. The highest BCUT2D eigenvalue weighted by atomic mass is 19.4. The van der Waals surface area contributed by atoms with Crippen molar-refractivity contribution in [3.63, 3.8) is 0 Å². The van der Waals surface area contributed by atoms with Crippen LogP contribution in [0.3, 0.4) is 0 Å². The predicted octanol–water partition coefficient (Wildman–Crippen LogP) is 6.39. The van der Waals surface area contributed by atoms with E-state index in [1.165, 1.54) is 82.5 Å². The molecule has 10 heteroatoms. The van der Waals surface area contributed by atoms with Gasteiger partial charge in [0.15, 0.2) is 0 Å². The van der Waals surface area contributed by atoms with Crippen LogP contribution in [-0.2, 0) is 6.54 Å². The van der Waals surface area contributed by atoms with Crippen molar-refractivity contribution < 1.29 is 17.9 Å². The predicted molar refractivity (Wildman–Crippen MR) is 145 cm³/mol. The smallest absolute Gasteiger partial charge is 0.405 e. The first-order valence-electron chi connectivity index (χ1n) is 14.6. The molecule has 40 heavy (non-hydrogen) atoms. The van der Waals surface area contributed by atoms with Gasteiger partial charge >= 0.3 is 6.36 Å². The second kappa shape index (κ2) is 11.1. The summed E-state index contributed by atoms with van der Waals surface area (Å²) in [7, 11) is 0. The van der Waals surface area contributed by atoms with E-state index in [2.05, 4.69) is 36.7 Å². The molecule has 0 aliphatic heterocycles. The minimum absolute atomic E-state index is 0.0436. The fourth-order valence-corrected chi connectivity index (χ4v) is 8.23. The van der Waals surface area contributed by atoms with Gasteiger partial charge in [-0.2, -0.15) is 10.2 Å². The molecule has 5 aliphatic carbocycles. The molecule has 0 radical (unpaired) electrons. The number of hydrogen-bond donors (Lipinski definition) is 3. The molecule has 3 unspecified atom stereocenters. The minimum atomic E-state index is -4.78. The Hall–Kier alpha value is -3.06. The third-order valence-corrected chi connectivity index (χ3v) is 9.61. The first-order chi connectivity index (χ1) is 19.3. The van der Waals surface area contributed by atoms with Crippen molar-refractivity contribution in [2.24, 2.45) is 23.2 Å². The fraction of sp³-hybridized carbons (Fsp3) is 0.633. The van der Waals surface area contributed by atoms with Gasteiger partial charge in [-0.15, -0.1) is 13.2 Å². The monoisotopic (exact) mass is 554 g/mol. The lowest BCUT2D eigenvalue weighted by Gasteiger charge is -2.61. The molecule has 0 saturated heterocycles. The molecule has 5 aliphatic rings. The van der Waals surface area contributed by atoms with Crippen LogP contribution in [0.4, 0.5) is 24.9 Å². The van der Waals surface area contributed by atoms with E-state index < -0.39 is 6.36 Å². The molecular formula is C30H37F3N6O. The van der Waals surface area contributed by atoms with Crippen molar-refractivity contribution in [3.8, 4) is 11.8 Å². The molecule has 5 fully saturated rings. The number of alkyl halides is 3. The summed E-state index contributed by atoms with van der Waals surface area (Å²) in [5.74, 6) is 2.64. The molecule has 1 heterocycles. The van der Waals surface area contributed by atoms with Crippen LogP contribution in [0.25, 0.3) is 0 Å². The van der Waals surface area contributed by atoms with E-state index in [0.29, 0.717) is 40.9 Å². The lowest BCUT2D eigenvalue weighted by atomic mass is 9.47. The molecule has 214 valence electrons. The molecule has 0 spiro atoms. The lowest BCUT2D eigenvalue weighted by molar-refractivity contribution is -0.274. The van der Waals surface area contributed by atoms with E-state index in [1.54, 1.807) is 12.1 Å². The van der Waals surface area contributed by atoms with Crippen LogP contribution in [0, 0.1) is 34.5 Å². The number of rotatable bonds is 9. The Morgan fingerprint density at radius 3 is 2.50 bits per heavy atom. The Morgan fingerprint density at radius 2 is 1.77 bits per heavy atom. The van der Waals surface area contributed by atoms with E-state index in [0.717, 1.165) is 12.5 Å². The summed E-state index contributed by atoms with van der Waals surface area (Å²) in [5, 5.41) is 20.3. The Kier molecular flexibility index (Phi) is 7.51. The Morgan fingerprint density at radius 1 is 1.02 bits per heavy atom. The highest BCUT2D eigenvalue weighted by molar-refractivity contribution is 5.53. The van der Waals surface area contributed by atoms with Crippen molar-refractivity contribution in [3.05, 3.63) is 41.6 Å². The number of anilines is 2. The van der Waals surface area contributed by atoms with Crippen LogP contribution < -0.4 is 20.7 Å². The van der Waals surface area contributed by atoms with Crippen molar-refractivity contribution >= 4 is 11.8 Å².